The highest BCUT2D eigenvalue weighted by Crippen LogP contribution is 2.38. The summed E-state index contributed by atoms with van der Waals surface area (Å²) in [6.45, 7) is 5.18. The largest absolute Gasteiger partial charge is 0.310 e. The van der Waals surface area contributed by atoms with Crippen molar-refractivity contribution < 1.29 is 8.78 Å². The molecule has 1 unspecified atom stereocenters. The van der Waals surface area contributed by atoms with Crippen molar-refractivity contribution >= 4 is 15.9 Å². The van der Waals surface area contributed by atoms with Gasteiger partial charge in [-0.1, -0.05) is 26.7 Å². The molecule has 0 aliphatic heterocycles. The van der Waals surface area contributed by atoms with Crippen LogP contribution in [0.2, 0.25) is 0 Å². The van der Waals surface area contributed by atoms with Crippen LogP contribution in [-0.2, 0) is 0 Å². The smallest absolute Gasteiger partial charge is 0.137 e. The fraction of sp³-hybridized carbons (Fsp3) is 0.647. The molecular weight excluding hydrogens is 336 g/mol. The van der Waals surface area contributed by atoms with Crippen LogP contribution in [0.3, 0.4) is 0 Å². The average molecular weight is 360 g/mol. The summed E-state index contributed by atoms with van der Waals surface area (Å²) < 4.78 is 28.3. The molecule has 1 atom stereocenters. The predicted octanol–water partition coefficient (Wildman–Crippen LogP) is 5.59. The average Bonchev–Trinajstić information content (AvgIpc) is 2.46. The molecule has 21 heavy (non-hydrogen) atoms. The van der Waals surface area contributed by atoms with Crippen molar-refractivity contribution in [2.24, 2.45) is 11.8 Å². The molecule has 0 spiro atoms. The molecule has 0 bridgehead atoms. The lowest BCUT2D eigenvalue weighted by Crippen LogP contribution is -2.32. The SMILES string of the molecule is CCCNC(c1cc(F)c(Br)cc1F)C1CCC(C)CC1. The van der Waals surface area contributed by atoms with Crippen molar-refractivity contribution in [3.8, 4) is 0 Å². The van der Waals surface area contributed by atoms with Crippen molar-refractivity contribution in [2.75, 3.05) is 6.54 Å². The van der Waals surface area contributed by atoms with E-state index in [-0.39, 0.29) is 22.1 Å². The van der Waals surface area contributed by atoms with E-state index in [1.54, 1.807) is 0 Å². The van der Waals surface area contributed by atoms with E-state index in [1.165, 1.54) is 25.0 Å². The summed E-state index contributed by atoms with van der Waals surface area (Å²) in [7, 11) is 0. The van der Waals surface area contributed by atoms with Gasteiger partial charge in [-0.2, -0.15) is 0 Å². The predicted molar refractivity (Wildman–Crippen MR) is 86.2 cm³/mol. The first-order valence-corrected chi connectivity index (χ1v) is 8.70. The van der Waals surface area contributed by atoms with Gasteiger partial charge in [-0.05, 0) is 65.7 Å². The van der Waals surface area contributed by atoms with E-state index in [1.807, 2.05) is 0 Å². The van der Waals surface area contributed by atoms with Crippen LogP contribution >= 0.6 is 15.9 Å². The maximum absolute atomic E-state index is 14.3. The molecule has 0 saturated heterocycles. The summed E-state index contributed by atoms with van der Waals surface area (Å²) in [4.78, 5) is 0. The van der Waals surface area contributed by atoms with E-state index in [9.17, 15) is 8.78 Å². The molecule has 1 aliphatic rings. The van der Waals surface area contributed by atoms with Crippen LogP contribution in [0.15, 0.2) is 16.6 Å². The van der Waals surface area contributed by atoms with Crippen molar-refractivity contribution in [3.05, 3.63) is 33.8 Å². The van der Waals surface area contributed by atoms with Gasteiger partial charge in [0.2, 0.25) is 0 Å². The Morgan fingerprint density at radius 2 is 1.86 bits per heavy atom. The summed E-state index contributed by atoms with van der Waals surface area (Å²) in [6.07, 6.45) is 5.50. The first-order valence-electron chi connectivity index (χ1n) is 7.90. The summed E-state index contributed by atoms with van der Waals surface area (Å²) in [5, 5.41) is 3.44. The number of hydrogen-bond donors (Lipinski definition) is 1. The van der Waals surface area contributed by atoms with Crippen LogP contribution in [0.4, 0.5) is 8.78 Å². The standard InChI is InChI=1S/C17H24BrF2N/c1-3-8-21-17(12-6-4-11(2)5-7-12)13-9-16(20)14(18)10-15(13)19/h9-12,17,21H,3-8H2,1-2H3. The van der Waals surface area contributed by atoms with Crippen LogP contribution in [0.5, 0.6) is 0 Å². The van der Waals surface area contributed by atoms with E-state index in [4.69, 9.17) is 0 Å². The zero-order chi connectivity index (χ0) is 15.4. The highest BCUT2D eigenvalue weighted by molar-refractivity contribution is 9.10. The molecule has 0 radical (unpaired) electrons. The van der Waals surface area contributed by atoms with Gasteiger partial charge in [0, 0.05) is 11.6 Å². The molecule has 0 heterocycles. The Labute approximate surface area is 134 Å². The summed E-state index contributed by atoms with van der Waals surface area (Å²) in [5.41, 5.74) is 0.476. The Balaban J connectivity index is 2.25. The molecule has 0 aromatic heterocycles. The molecule has 1 fully saturated rings. The minimum atomic E-state index is -0.390. The van der Waals surface area contributed by atoms with Crippen LogP contribution in [0.1, 0.15) is 57.6 Å². The monoisotopic (exact) mass is 359 g/mol. The molecule has 1 aromatic rings. The first kappa shape index (κ1) is 16.9. The Morgan fingerprint density at radius 3 is 2.48 bits per heavy atom. The van der Waals surface area contributed by atoms with E-state index < -0.39 is 0 Å². The fourth-order valence-corrected chi connectivity index (χ4v) is 3.54. The van der Waals surface area contributed by atoms with Gasteiger partial charge in [0.25, 0.3) is 0 Å². The molecule has 118 valence electrons. The zero-order valence-corrected chi connectivity index (χ0v) is 14.3. The van der Waals surface area contributed by atoms with E-state index in [2.05, 4.69) is 35.1 Å². The molecule has 1 saturated carbocycles. The van der Waals surface area contributed by atoms with E-state index in [0.717, 1.165) is 31.7 Å². The lowest BCUT2D eigenvalue weighted by atomic mass is 9.77. The normalized spacial score (nSPS) is 24.0. The van der Waals surface area contributed by atoms with Crippen molar-refractivity contribution in [3.63, 3.8) is 0 Å². The highest BCUT2D eigenvalue weighted by atomic mass is 79.9. The summed E-state index contributed by atoms with van der Waals surface area (Å²) in [5.74, 6) is 0.428. The third kappa shape index (κ3) is 4.26. The third-order valence-electron chi connectivity index (χ3n) is 4.52. The Kier molecular flexibility index (Phi) is 6.18. The molecule has 1 aromatic carbocycles. The maximum atomic E-state index is 14.3. The molecule has 1 nitrogen and oxygen atoms in total. The number of hydrogen-bond acceptors (Lipinski definition) is 1. The Morgan fingerprint density at radius 1 is 1.19 bits per heavy atom. The summed E-state index contributed by atoms with van der Waals surface area (Å²) in [6, 6.07) is 2.52. The van der Waals surface area contributed by atoms with Crippen LogP contribution in [0, 0.1) is 23.5 Å². The van der Waals surface area contributed by atoms with Gasteiger partial charge in [-0.3, -0.25) is 0 Å². The lowest BCUT2D eigenvalue weighted by Gasteiger charge is -2.34. The second-order valence-corrected chi connectivity index (χ2v) is 7.09. The Hall–Kier alpha value is -0.480. The summed E-state index contributed by atoms with van der Waals surface area (Å²) >= 11 is 3.05. The second-order valence-electron chi connectivity index (χ2n) is 6.24. The molecule has 2 rings (SSSR count). The maximum Gasteiger partial charge on any atom is 0.137 e. The number of rotatable bonds is 5. The third-order valence-corrected chi connectivity index (χ3v) is 5.13. The number of benzene rings is 1. The van der Waals surface area contributed by atoms with Crippen molar-refractivity contribution in [1.82, 2.24) is 5.32 Å². The second kappa shape index (κ2) is 7.68. The van der Waals surface area contributed by atoms with Gasteiger partial charge in [-0.15, -0.1) is 0 Å². The highest BCUT2D eigenvalue weighted by Gasteiger charge is 2.29. The van der Waals surface area contributed by atoms with Gasteiger partial charge in [-0.25, -0.2) is 8.78 Å². The molecular formula is C17H24BrF2N. The van der Waals surface area contributed by atoms with Gasteiger partial charge in [0.1, 0.15) is 11.6 Å². The molecule has 1 N–H and O–H groups in total. The first-order chi connectivity index (χ1) is 10.0. The molecule has 0 amide bonds. The van der Waals surface area contributed by atoms with Gasteiger partial charge < -0.3 is 5.32 Å². The van der Waals surface area contributed by atoms with Crippen molar-refractivity contribution in [2.45, 2.75) is 52.0 Å². The van der Waals surface area contributed by atoms with Gasteiger partial charge in [0.15, 0.2) is 0 Å². The van der Waals surface area contributed by atoms with Gasteiger partial charge >= 0.3 is 0 Å². The van der Waals surface area contributed by atoms with Crippen LogP contribution in [-0.4, -0.2) is 6.54 Å². The van der Waals surface area contributed by atoms with E-state index in [0.29, 0.717) is 11.5 Å². The van der Waals surface area contributed by atoms with Crippen LogP contribution in [0.25, 0.3) is 0 Å². The topological polar surface area (TPSA) is 12.0 Å². The lowest BCUT2D eigenvalue weighted by molar-refractivity contribution is 0.228. The number of halogens is 3. The molecule has 4 heteroatoms. The molecule has 1 aliphatic carbocycles. The van der Waals surface area contributed by atoms with Crippen LogP contribution < -0.4 is 5.32 Å². The fourth-order valence-electron chi connectivity index (χ4n) is 3.23. The quantitative estimate of drug-likeness (QED) is 0.675. The van der Waals surface area contributed by atoms with E-state index >= 15 is 0 Å². The van der Waals surface area contributed by atoms with Gasteiger partial charge in [0.05, 0.1) is 4.47 Å². The minimum absolute atomic E-state index is 0.0833. The number of nitrogens with one attached hydrogen (secondary N) is 1. The Bertz CT molecular complexity index is 470. The van der Waals surface area contributed by atoms with Crippen molar-refractivity contribution in [1.29, 1.82) is 0 Å². The minimum Gasteiger partial charge on any atom is -0.310 e. The zero-order valence-electron chi connectivity index (χ0n) is 12.8.